The van der Waals surface area contributed by atoms with Crippen molar-refractivity contribution in [2.45, 2.75) is 13.5 Å². The number of nitrogens with one attached hydrogen (secondary N) is 3. The van der Waals surface area contributed by atoms with E-state index in [9.17, 15) is 18.0 Å². The molecular formula is C18H18N4O4S. The Morgan fingerprint density at radius 3 is 2.74 bits per heavy atom. The van der Waals surface area contributed by atoms with Gasteiger partial charge in [0, 0.05) is 24.1 Å². The number of aryl methyl sites for hydroxylation is 1. The SMILES string of the molecule is Cc1ccc2c(=O)c(C(=O)NCc3cccc(NS(C)(=O)=O)c3)c[nH]c2n1. The first-order chi connectivity index (χ1) is 12.7. The molecule has 3 aromatic rings. The maximum Gasteiger partial charge on any atom is 0.257 e. The van der Waals surface area contributed by atoms with E-state index >= 15 is 0 Å². The number of hydrogen-bond donors (Lipinski definition) is 3. The predicted octanol–water partition coefficient (Wildman–Crippen LogP) is 1.53. The minimum absolute atomic E-state index is 0.0152. The molecule has 0 fully saturated rings. The highest BCUT2D eigenvalue weighted by atomic mass is 32.2. The van der Waals surface area contributed by atoms with Gasteiger partial charge in [-0.1, -0.05) is 12.1 Å². The molecule has 0 aliphatic rings. The second-order valence-electron chi connectivity index (χ2n) is 6.14. The number of H-pyrrole nitrogens is 1. The van der Waals surface area contributed by atoms with Gasteiger partial charge in [-0.05, 0) is 36.8 Å². The number of pyridine rings is 2. The lowest BCUT2D eigenvalue weighted by Gasteiger charge is -2.08. The molecule has 0 saturated carbocycles. The van der Waals surface area contributed by atoms with Crippen LogP contribution in [0.5, 0.6) is 0 Å². The summed E-state index contributed by atoms with van der Waals surface area (Å²) in [5.41, 5.74) is 1.86. The molecule has 0 atom stereocenters. The van der Waals surface area contributed by atoms with Gasteiger partial charge in [-0.2, -0.15) is 0 Å². The molecule has 2 aromatic heterocycles. The Morgan fingerprint density at radius 1 is 1.22 bits per heavy atom. The summed E-state index contributed by atoms with van der Waals surface area (Å²) in [7, 11) is -3.39. The van der Waals surface area contributed by atoms with Crippen molar-refractivity contribution >= 4 is 32.7 Å². The quantitative estimate of drug-likeness (QED) is 0.614. The van der Waals surface area contributed by atoms with Gasteiger partial charge in [-0.15, -0.1) is 0 Å². The van der Waals surface area contributed by atoms with Crippen LogP contribution in [0.3, 0.4) is 0 Å². The number of benzene rings is 1. The maximum atomic E-state index is 12.5. The van der Waals surface area contributed by atoms with Crippen LogP contribution in [-0.4, -0.2) is 30.5 Å². The number of aromatic amines is 1. The van der Waals surface area contributed by atoms with E-state index in [1.165, 1.54) is 6.20 Å². The third-order valence-corrected chi connectivity index (χ3v) is 4.41. The molecule has 0 saturated heterocycles. The standard InChI is InChI=1S/C18H18N4O4S/c1-11-6-7-14-16(23)15(10-19-17(14)21-11)18(24)20-9-12-4-3-5-13(8-12)22-27(2,25)26/h3-8,10,22H,9H2,1-2H3,(H,20,24)(H,19,21,23). The normalized spacial score (nSPS) is 11.3. The van der Waals surface area contributed by atoms with Crippen LogP contribution in [0.4, 0.5) is 5.69 Å². The van der Waals surface area contributed by atoms with Crippen LogP contribution in [0.25, 0.3) is 11.0 Å². The van der Waals surface area contributed by atoms with Gasteiger partial charge in [0.05, 0.1) is 11.6 Å². The van der Waals surface area contributed by atoms with Crippen LogP contribution in [0.15, 0.2) is 47.4 Å². The zero-order chi connectivity index (χ0) is 19.6. The molecule has 0 unspecified atom stereocenters. The summed E-state index contributed by atoms with van der Waals surface area (Å²) in [6.45, 7) is 1.95. The first-order valence-corrected chi connectivity index (χ1v) is 9.96. The Balaban J connectivity index is 1.78. The van der Waals surface area contributed by atoms with E-state index in [-0.39, 0.29) is 12.1 Å². The van der Waals surface area contributed by atoms with Gasteiger partial charge in [-0.25, -0.2) is 13.4 Å². The zero-order valence-corrected chi connectivity index (χ0v) is 15.6. The molecule has 0 radical (unpaired) electrons. The van der Waals surface area contributed by atoms with Gasteiger partial charge in [-0.3, -0.25) is 14.3 Å². The van der Waals surface area contributed by atoms with Gasteiger partial charge in [0.2, 0.25) is 15.5 Å². The number of aromatic nitrogens is 2. The van der Waals surface area contributed by atoms with Crippen LogP contribution in [-0.2, 0) is 16.6 Å². The lowest BCUT2D eigenvalue weighted by atomic mass is 10.1. The summed E-state index contributed by atoms with van der Waals surface area (Å²) in [6.07, 6.45) is 2.40. The number of hydrogen-bond acceptors (Lipinski definition) is 5. The molecule has 27 heavy (non-hydrogen) atoms. The molecule has 0 aliphatic heterocycles. The van der Waals surface area contributed by atoms with Crippen LogP contribution < -0.4 is 15.5 Å². The van der Waals surface area contributed by atoms with E-state index < -0.39 is 21.4 Å². The van der Waals surface area contributed by atoms with Crippen molar-refractivity contribution in [1.29, 1.82) is 0 Å². The lowest BCUT2D eigenvalue weighted by molar-refractivity contribution is 0.0949. The van der Waals surface area contributed by atoms with E-state index in [4.69, 9.17) is 0 Å². The van der Waals surface area contributed by atoms with E-state index in [1.54, 1.807) is 36.4 Å². The Hall–Kier alpha value is -3.20. The minimum Gasteiger partial charge on any atom is -0.348 e. The average Bonchev–Trinajstić information content (AvgIpc) is 2.58. The summed E-state index contributed by atoms with van der Waals surface area (Å²) in [5, 5.41) is 3.01. The smallest absolute Gasteiger partial charge is 0.257 e. The molecule has 3 rings (SSSR count). The topological polar surface area (TPSA) is 121 Å². The van der Waals surface area contributed by atoms with Gasteiger partial charge in [0.1, 0.15) is 11.2 Å². The number of fused-ring (bicyclic) bond motifs is 1. The Morgan fingerprint density at radius 2 is 2.00 bits per heavy atom. The lowest BCUT2D eigenvalue weighted by Crippen LogP contribution is -2.28. The molecule has 2 heterocycles. The Kier molecular flexibility index (Phi) is 4.95. The maximum absolute atomic E-state index is 12.5. The number of anilines is 1. The fourth-order valence-corrected chi connectivity index (χ4v) is 3.16. The molecule has 140 valence electrons. The largest absolute Gasteiger partial charge is 0.348 e. The minimum atomic E-state index is -3.39. The van der Waals surface area contributed by atoms with Crippen molar-refractivity contribution in [2.24, 2.45) is 0 Å². The van der Waals surface area contributed by atoms with Crippen molar-refractivity contribution in [2.75, 3.05) is 11.0 Å². The Labute approximate surface area is 155 Å². The second-order valence-corrected chi connectivity index (χ2v) is 7.89. The third-order valence-electron chi connectivity index (χ3n) is 3.80. The summed E-state index contributed by atoms with van der Waals surface area (Å²) in [4.78, 5) is 32.0. The molecule has 9 heteroatoms. The second kappa shape index (κ2) is 7.20. The molecule has 0 bridgehead atoms. The molecule has 0 aliphatic carbocycles. The van der Waals surface area contributed by atoms with Gasteiger partial charge >= 0.3 is 0 Å². The summed E-state index contributed by atoms with van der Waals surface area (Å²) in [6, 6.07) is 9.97. The highest BCUT2D eigenvalue weighted by Crippen LogP contribution is 2.12. The van der Waals surface area contributed by atoms with Crippen LogP contribution in [0, 0.1) is 6.92 Å². The van der Waals surface area contributed by atoms with E-state index in [2.05, 4.69) is 20.0 Å². The number of sulfonamides is 1. The van der Waals surface area contributed by atoms with Gasteiger partial charge in [0.15, 0.2) is 0 Å². The summed E-state index contributed by atoms with van der Waals surface area (Å²) < 4.78 is 25.0. The van der Waals surface area contributed by atoms with E-state index in [1.807, 2.05) is 6.92 Å². The number of carbonyl (C=O) groups excluding carboxylic acids is 1. The molecule has 8 nitrogen and oxygen atoms in total. The fraction of sp³-hybridized carbons (Fsp3) is 0.167. The van der Waals surface area contributed by atoms with Gasteiger partial charge in [0.25, 0.3) is 5.91 Å². The van der Waals surface area contributed by atoms with Crippen molar-refractivity contribution < 1.29 is 13.2 Å². The van der Waals surface area contributed by atoms with Crippen LogP contribution in [0.1, 0.15) is 21.6 Å². The number of carbonyl (C=O) groups is 1. The van der Waals surface area contributed by atoms with Crippen molar-refractivity contribution in [3.63, 3.8) is 0 Å². The molecular weight excluding hydrogens is 368 g/mol. The fourth-order valence-electron chi connectivity index (χ4n) is 2.61. The molecule has 1 aromatic carbocycles. The summed E-state index contributed by atoms with van der Waals surface area (Å²) in [5.74, 6) is -0.528. The molecule has 1 amide bonds. The summed E-state index contributed by atoms with van der Waals surface area (Å²) >= 11 is 0. The first-order valence-electron chi connectivity index (χ1n) is 8.07. The predicted molar refractivity (Wildman–Crippen MR) is 103 cm³/mol. The first kappa shape index (κ1) is 18.6. The number of amides is 1. The molecule has 3 N–H and O–H groups in total. The Bertz CT molecular complexity index is 1190. The number of rotatable bonds is 5. The molecule has 0 spiro atoms. The van der Waals surface area contributed by atoms with E-state index in [0.717, 1.165) is 11.9 Å². The highest BCUT2D eigenvalue weighted by Gasteiger charge is 2.13. The van der Waals surface area contributed by atoms with Crippen LogP contribution in [0.2, 0.25) is 0 Å². The van der Waals surface area contributed by atoms with Crippen molar-refractivity contribution in [3.8, 4) is 0 Å². The zero-order valence-electron chi connectivity index (χ0n) is 14.7. The van der Waals surface area contributed by atoms with Crippen LogP contribution >= 0.6 is 0 Å². The monoisotopic (exact) mass is 386 g/mol. The average molecular weight is 386 g/mol. The van der Waals surface area contributed by atoms with Gasteiger partial charge < -0.3 is 10.3 Å². The van der Waals surface area contributed by atoms with E-state index in [0.29, 0.717) is 22.3 Å². The third kappa shape index (κ3) is 4.50. The van der Waals surface area contributed by atoms with Crippen molar-refractivity contribution in [3.05, 3.63) is 69.6 Å². The van der Waals surface area contributed by atoms with Crippen molar-refractivity contribution in [1.82, 2.24) is 15.3 Å². The number of nitrogens with zero attached hydrogens (tertiary/aromatic N) is 1. The highest BCUT2D eigenvalue weighted by molar-refractivity contribution is 7.92.